The second-order valence-corrected chi connectivity index (χ2v) is 8.69. The Morgan fingerprint density at radius 3 is 2.46 bits per heavy atom. The molecule has 2 aromatic rings. The molecule has 0 saturated carbocycles. The van der Waals surface area contributed by atoms with Gasteiger partial charge in [0, 0.05) is 4.47 Å². The Labute approximate surface area is 163 Å². The number of hydrogen-bond acceptors (Lipinski definition) is 5. The van der Waals surface area contributed by atoms with E-state index in [1.54, 1.807) is 0 Å². The SMILES string of the molecule is S=C1NC(c2cccc(Br)c2)(c2ccc3c(c2)OCCO3)C(=S)S1. The van der Waals surface area contributed by atoms with Crippen LogP contribution in [-0.4, -0.2) is 21.7 Å². The van der Waals surface area contributed by atoms with Crippen molar-refractivity contribution in [3.8, 4) is 11.5 Å². The van der Waals surface area contributed by atoms with Gasteiger partial charge in [-0.25, -0.2) is 0 Å². The first-order chi connectivity index (χ1) is 11.6. The number of thiocarbonyl (C=S) groups is 2. The van der Waals surface area contributed by atoms with Crippen LogP contribution >= 0.6 is 52.1 Å². The summed E-state index contributed by atoms with van der Waals surface area (Å²) in [7, 11) is 0. The molecule has 0 bridgehead atoms. The third kappa shape index (κ3) is 2.63. The lowest BCUT2D eigenvalue weighted by molar-refractivity contribution is 0.171. The van der Waals surface area contributed by atoms with Crippen molar-refractivity contribution in [2.24, 2.45) is 0 Å². The standard InChI is InChI=1S/C17H12BrNO2S3/c18-12-3-1-2-10(8-12)17(15(22)24-16(23)19-17)11-4-5-13-14(9-11)21-7-6-20-13/h1-5,8-9H,6-7H2,(H,19,23). The van der Waals surface area contributed by atoms with E-state index in [1.165, 1.54) is 11.8 Å². The molecule has 2 aliphatic rings. The monoisotopic (exact) mass is 437 g/mol. The molecule has 2 aromatic carbocycles. The van der Waals surface area contributed by atoms with Gasteiger partial charge < -0.3 is 14.8 Å². The molecular formula is C17H12BrNO2S3. The highest BCUT2D eigenvalue weighted by molar-refractivity contribution is 9.10. The van der Waals surface area contributed by atoms with Crippen molar-refractivity contribution in [1.82, 2.24) is 5.32 Å². The van der Waals surface area contributed by atoms with Gasteiger partial charge >= 0.3 is 0 Å². The van der Waals surface area contributed by atoms with Crippen LogP contribution in [0.15, 0.2) is 46.9 Å². The Balaban J connectivity index is 1.91. The molecule has 0 aliphatic carbocycles. The predicted molar refractivity (Wildman–Crippen MR) is 108 cm³/mol. The van der Waals surface area contributed by atoms with E-state index in [4.69, 9.17) is 33.9 Å². The average Bonchev–Trinajstić information content (AvgIpc) is 2.89. The summed E-state index contributed by atoms with van der Waals surface area (Å²) in [6.45, 7) is 1.12. The Morgan fingerprint density at radius 1 is 1.00 bits per heavy atom. The topological polar surface area (TPSA) is 30.5 Å². The molecule has 24 heavy (non-hydrogen) atoms. The van der Waals surface area contributed by atoms with Crippen molar-refractivity contribution in [1.29, 1.82) is 0 Å². The molecule has 0 radical (unpaired) electrons. The smallest absolute Gasteiger partial charge is 0.161 e. The Bertz CT molecular complexity index is 857. The van der Waals surface area contributed by atoms with Gasteiger partial charge in [-0.1, -0.05) is 70.3 Å². The van der Waals surface area contributed by atoms with E-state index in [1.807, 2.05) is 30.3 Å². The number of fused-ring (bicyclic) bond motifs is 1. The summed E-state index contributed by atoms with van der Waals surface area (Å²) in [6.07, 6.45) is 0. The van der Waals surface area contributed by atoms with Crippen LogP contribution in [0.4, 0.5) is 0 Å². The molecule has 1 N–H and O–H groups in total. The van der Waals surface area contributed by atoms with E-state index in [-0.39, 0.29) is 0 Å². The zero-order valence-electron chi connectivity index (χ0n) is 12.4. The van der Waals surface area contributed by atoms with Gasteiger partial charge in [-0.3, -0.25) is 0 Å². The lowest BCUT2D eigenvalue weighted by atomic mass is 9.84. The van der Waals surface area contributed by atoms with Gasteiger partial charge in [-0.2, -0.15) is 0 Å². The first kappa shape index (κ1) is 16.3. The normalized spacial score (nSPS) is 22.4. The molecule has 0 aromatic heterocycles. The highest BCUT2D eigenvalue weighted by Gasteiger charge is 2.45. The van der Waals surface area contributed by atoms with Crippen LogP contribution in [0.2, 0.25) is 0 Å². The number of benzene rings is 2. The van der Waals surface area contributed by atoms with Crippen LogP contribution < -0.4 is 14.8 Å². The first-order valence-electron chi connectivity index (χ1n) is 7.30. The number of ether oxygens (including phenoxy) is 2. The zero-order valence-corrected chi connectivity index (χ0v) is 16.4. The molecule has 0 amide bonds. The highest BCUT2D eigenvalue weighted by Crippen LogP contribution is 2.44. The molecule has 3 nitrogen and oxygen atoms in total. The fourth-order valence-corrected chi connectivity index (χ4v) is 5.25. The van der Waals surface area contributed by atoms with Gasteiger partial charge in [0.15, 0.2) is 11.5 Å². The van der Waals surface area contributed by atoms with Crippen molar-refractivity contribution in [2.45, 2.75) is 5.54 Å². The quantitative estimate of drug-likeness (QED) is 0.699. The fraction of sp³-hybridized carbons (Fsp3) is 0.176. The molecule has 1 atom stereocenters. The number of halogens is 1. The molecule has 2 aliphatic heterocycles. The lowest BCUT2D eigenvalue weighted by Crippen LogP contribution is -2.43. The predicted octanol–water partition coefficient (Wildman–Crippen LogP) is 4.41. The van der Waals surface area contributed by atoms with E-state index >= 15 is 0 Å². The number of hydrogen-bond donors (Lipinski definition) is 1. The maximum absolute atomic E-state index is 5.75. The van der Waals surface area contributed by atoms with Gasteiger partial charge in [0.25, 0.3) is 0 Å². The number of thioether (sulfide) groups is 1. The van der Waals surface area contributed by atoms with Crippen molar-refractivity contribution in [2.75, 3.05) is 13.2 Å². The second-order valence-electron chi connectivity index (χ2n) is 5.42. The fourth-order valence-electron chi connectivity index (χ4n) is 2.94. The van der Waals surface area contributed by atoms with Crippen LogP contribution in [0.1, 0.15) is 11.1 Å². The summed E-state index contributed by atoms with van der Waals surface area (Å²) in [5.74, 6) is 1.49. The van der Waals surface area contributed by atoms with Crippen LogP contribution in [0.3, 0.4) is 0 Å². The van der Waals surface area contributed by atoms with Crippen molar-refractivity contribution in [3.63, 3.8) is 0 Å². The van der Waals surface area contributed by atoms with Crippen LogP contribution in [0, 0.1) is 0 Å². The first-order valence-corrected chi connectivity index (χ1v) is 9.73. The highest BCUT2D eigenvalue weighted by atomic mass is 79.9. The van der Waals surface area contributed by atoms with Crippen LogP contribution in [-0.2, 0) is 5.54 Å². The van der Waals surface area contributed by atoms with Gasteiger partial charge in [0.1, 0.15) is 23.1 Å². The molecule has 1 unspecified atom stereocenters. The van der Waals surface area contributed by atoms with E-state index in [9.17, 15) is 0 Å². The molecular weight excluding hydrogens is 426 g/mol. The molecule has 1 fully saturated rings. The van der Waals surface area contributed by atoms with Crippen LogP contribution in [0.5, 0.6) is 11.5 Å². The number of nitrogens with one attached hydrogen (secondary N) is 1. The van der Waals surface area contributed by atoms with Gasteiger partial charge in [0.05, 0.1) is 4.20 Å². The molecule has 7 heteroatoms. The summed E-state index contributed by atoms with van der Waals surface area (Å²) >= 11 is 16.1. The average molecular weight is 438 g/mol. The van der Waals surface area contributed by atoms with Gasteiger partial charge in [-0.05, 0) is 35.4 Å². The van der Waals surface area contributed by atoms with Crippen molar-refractivity contribution in [3.05, 3.63) is 58.1 Å². The zero-order chi connectivity index (χ0) is 16.7. The molecule has 1 saturated heterocycles. The Morgan fingerprint density at radius 2 is 1.75 bits per heavy atom. The molecule has 2 heterocycles. The Hall–Kier alpha value is -1.15. The van der Waals surface area contributed by atoms with Crippen molar-refractivity contribution >= 4 is 60.6 Å². The Kier molecular flexibility index (Phi) is 4.28. The summed E-state index contributed by atoms with van der Waals surface area (Å²) in [6, 6.07) is 14.0. The lowest BCUT2D eigenvalue weighted by Gasteiger charge is -2.31. The van der Waals surface area contributed by atoms with E-state index in [0.29, 0.717) is 17.5 Å². The van der Waals surface area contributed by atoms with E-state index in [2.05, 4.69) is 33.4 Å². The third-order valence-electron chi connectivity index (χ3n) is 4.01. The van der Waals surface area contributed by atoms with Gasteiger partial charge in [0.2, 0.25) is 0 Å². The molecule has 122 valence electrons. The summed E-state index contributed by atoms with van der Waals surface area (Å²) in [5, 5.41) is 3.42. The van der Waals surface area contributed by atoms with Crippen LogP contribution in [0.25, 0.3) is 0 Å². The van der Waals surface area contributed by atoms with E-state index < -0.39 is 5.54 Å². The maximum Gasteiger partial charge on any atom is 0.161 e. The molecule has 0 spiro atoms. The minimum absolute atomic E-state index is 0.547. The summed E-state index contributed by atoms with van der Waals surface area (Å²) in [4.78, 5) is 0. The summed E-state index contributed by atoms with van der Waals surface area (Å²) in [5.41, 5.74) is 1.37. The van der Waals surface area contributed by atoms with E-state index in [0.717, 1.165) is 31.3 Å². The van der Waals surface area contributed by atoms with Gasteiger partial charge in [-0.15, -0.1) is 0 Å². The third-order valence-corrected chi connectivity index (χ3v) is 6.19. The minimum Gasteiger partial charge on any atom is -0.486 e. The molecule has 4 rings (SSSR count). The minimum atomic E-state index is -0.656. The largest absolute Gasteiger partial charge is 0.486 e. The van der Waals surface area contributed by atoms with Crippen molar-refractivity contribution < 1.29 is 9.47 Å². The maximum atomic E-state index is 5.75. The number of rotatable bonds is 2. The summed E-state index contributed by atoms with van der Waals surface area (Å²) < 4.78 is 13.8. The second kappa shape index (κ2) is 6.29.